The highest BCUT2D eigenvalue weighted by Gasteiger charge is 2.31. The summed E-state index contributed by atoms with van der Waals surface area (Å²) in [5, 5.41) is 9.56. The number of rotatable bonds is 3. The van der Waals surface area contributed by atoms with E-state index in [1.165, 1.54) is 6.07 Å². The van der Waals surface area contributed by atoms with Crippen LogP contribution in [0.2, 0.25) is 10.0 Å². The van der Waals surface area contributed by atoms with Gasteiger partial charge in [-0.05, 0) is 31.0 Å². The molecule has 2 rings (SSSR count). The topological polar surface area (TPSA) is 57.6 Å². The van der Waals surface area contributed by atoms with Crippen molar-refractivity contribution in [3.05, 3.63) is 33.8 Å². The van der Waals surface area contributed by atoms with Crippen LogP contribution < -0.4 is 0 Å². The Kier molecular flexibility index (Phi) is 4.32. The quantitative estimate of drug-likeness (QED) is 0.933. The molecule has 1 heterocycles. The molecule has 1 aromatic rings. The highest BCUT2D eigenvalue weighted by atomic mass is 35.5. The Hall–Kier alpha value is -1.26. The van der Waals surface area contributed by atoms with Gasteiger partial charge in [-0.2, -0.15) is 0 Å². The van der Waals surface area contributed by atoms with Crippen molar-refractivity contribution in [2.24, 2.45) is 0 Å². The number of carboxylic acids is 1. The molecule has 0 bridgehead atoms. The molecule has 1 amide bonds. The zero-order chi connectivity index (χ0) is 14.0. The maximum atomic E-state index is 12.3. The number of benzene rings is 1. The number of aliphatic carboxylic acids is 1. The molecule has 1 N–H and O–H groups in total. The second-order valence-corrected chi connectivity index (χ2v) is 5.34. The van der Waals surface area contributed by atoms with E-state index in [4.69, 9.17) is 28.3 Å². The summed E-state index contributed by atoms with van der Waals surface area (Å²) in [7, 11) is 0. The zero-order valence-corrected chi connectivity index (χ0v) is 11.6. The van der Waals surface area contributed by atoms with Crippen molar-refractivity contribution in [2.45, 2.75) is 25.3 Å². The Labute approximate surface area is 120 Å². The van der Waals surface area contributed by atoms with Gasteiger partial charge in [0.05, 0.1) is 16.5 Å². The fourth-order valence-corrected chi connectivity index (χ4v) is 2.61. The molecule has 0 aliphatic carbocycles. The van der Waals surface area contributed by atoms with Crippen molar-refractivity contribution in [3.63, 3.8) is 0 Å². The standard InChI is InChI=1S/C13H13Cl2NO3/c14-10-4-3-8(6-11(10)15)13(19)16-5-1-2-9(16)7-12(17)18/h3-4,6,9H,1-2,5,7H2,(H,17,18). The normalized spacial score (nSPS) is 18.6. The molecule has 1 aliphatic rings. The molecule has 6 heteroatoms. The summed E-state index contributed by atoms with van der Waals surface area (Å²) in [5.41, 5.74) is 0.437. The van der Waals surface area contributed by atoms with E-state index < -0.39 is 5.97 Å². The fourth-order valence-electron chi connectivity index (χ4n) is 2.31. The maximum Gasteiger partial charge on any atom is 0.305 e. The number of carboxylic acid groups (broad SMARTS) is 1. The van der Waals surface area contributed by atoms with E-state index >= 15 is 0 Å². The Bertz CT molecular complexity index is 519. The summed E-state index contributed by atoms with van der Waals surface area (Å²) in [6, 6.07) is 4.45. The van der Waals surface area contributed by atoms with Gasteiger partial charge in [-0.15, -0.1) is 0 Å². The number of likely N-dealkylation sites (tertiary alicyclic amines) is 1. The lowest BCUT2D eigenvalue weighted by Crippen LogP contribution is -2.36. The van der Waals surface area contributed by atoms with Crippen LogP contribution in [0.25, 0.3) is 0 Å². The minimum atomic E-state index is -0.890. The van der Waals surface area contributed by atoms with E-state index in [9.17, 15) is 9.59 Å². The van der Waals surface area contributed by atoms with Gasteiger partial charge < -0.3 is 10.0 Å². The average Bonchev–Trinajstić information content (AvgIpc) is 2.79. The van der Waals surface area contributed by atoms with Crippen LogP contribution in [-0.2, 0) is 4.79 Å². The van der Waals surface area contributed by atoms with Gasteiger partial charge in [0.2, 0.25) is 0 Å². The van der Waals surface area contributed by atoms with Crippen LogP contribution >= 0.6 is 23.2 Å². The summed E-state index contributed by atoms with van der Waals surface area (Å²) >= 11 is 11.7. The molecule has 1 aromatic carbocycles. The summed E-state index contributed by atoms with van der Waals surface area (Å²) in [4.78, 5) is 24.7. The summed E-state index contributed by atoms with van der Waals surface area (Å²) < 4.78 is 0. The van der Waals surface area contributed by atoms with Crippen LogP contribution in [0.15, 0.2) is 18.2 Å². The van der Waals surface area contributed by atoms with Crippen molar-refractivity contribution < 1.29 is 14.7 Å². The summed E-state index contributed by atoms with van der Waals surface area (Å²) in [6.45, 7) is 0.580. The fraction of sp³-hybridized carbons (Fsp3) is 0.385. The molecule has 102 valence electrons. The van der Waals surface area contributed by atoms with Gasteiger partial charge in [-0.25, -0.2) is 0 Å². The maximum absolute atomic E-state index is 12.3. The van der Waals surface area contributed by atoms with Crippen LogP contribution in [0.4, 0.5) is 0 Å². The van der Waals surface area contributed by atoms with Gasteiger partial charge >= 0.3 is 5.97 Å². The van der Waals surface area contributed by atoms with Gasteiger partial charge in [0, 0.05) is 18.2 Å². The predicted molar refractivity (Wildman–Crippen MR) is 72.8 cm³/mol. The second-order valence-electron chi connectivity index (χ2n) is 4.52. The zero-order valence-electron chi connectivity index (χ0n) is 10.1. The first-order valence-corrected chi connectivity index (χ1v) is 6.72. The second kappa shape index (κ2) is 5.80. The molecule has 0 radical (unpaired) electrons. The van der Waals surface area contributed by atoms with Crippen molar-refractivity contribution in [1.29, 1.82) is 0 Å². The Balaban J connectivity index is 2.18. The third-order valence-electron chi connectivity index (χ3n) is 3.21. The van der Waals surface area contributed by atoms with Gasteiger partial charge in [0.25, 0.3) is 5.91 Å². The number of hydrogen-bond acceptors (Lipinski definition) is 2. The summed E-state index contributed by atoms with van der Waals surface area (Å²) in [6.07, 6.45) is 1.53. The highest BCUT2D eigenvalue weighted by Crippen LogP contribution is 2.26. The van der Waals surface area contributed by atoms with Crippen LogP contribution in [0, 0.1) is 0 Å². The smallest absolute Gasteiger partial charge is 0.305 e. The number of amides is 1. The third kappa shape index (κ3) is 3.19. The van der Waals surface area contributed by atoms with Gasteiger partial charge in [0.15, 0.2) is 0 Å². The number of nitrogens with zero attached hydrogens (tertiary/aromatic N) is 1. The van der Waals surface area contributed by atoms with E-state index in [1.54, 1.807) is 17.0 Å². The molecule has 1 saturated heterocycles. The minimum Gasteiger partial charge on any atom is -0.481 e. The van der Waals surface area contributed by atoms with E-state index in [1.807, 2.05) is 0 Å². The average molecular weight is 302 g/mol. The Morgan fingerprint density at radius 1 is 1.32 bits per heavy atom. The SMILES string of the molecule is O=C(O)CC1CCCN1C(=O)c1ccc(Cl)c(Cl)c1. The number of halogens is 2. The first-order valence-electron chi connectivity index (χ1n) is 5.97. The van der Waals surface area contributed by atoms with Gasteiger partial charge in [-0.1, -0.05) is 23.2 Å². The lowest BCUT2D eigenvalue weighted by Gasteiger charge is -2.23. The lowest BCUT2D eigenvalue weighted by atomic mass is 10.1. The molecule has 0 aromatic heterocycles. The van der Waals surface area contributed by atoms with Gasteiger partial charge in [-0.3, -0.25) is 9.59 Å². The van der Waals surface area contributed by atoms with Gasteiger partial charge in [0.1, 0.15) is 0 Å². The highest BCUT2D eigenvalue weighted by molar-refractivity contribution is 6.42. The molecular weight excluding hydrogens is 289 g/mol. The third-order valence-corrected chi connectivity index (χ3v) is 3.95. The van der Waals surface area contributed by atoms with E-state index in [-0.39, 0.29) is 18.4 Å². The van der Waals surface area contributed by atoms with Crippen molar-refractivity contribution in [1.82, 2.24) is 4.90 Å². The van der Waals surface area contributed by atoms with E-state index in [0.29, 0.717) is 22.2 Å². The lowest BCUT2D eigenvalue weighted by molar-refractivity contribution is -0.137. The molecule has 1 unspecified atom stereocenters. The molecular formula is C13H13Cl2NO3. The van der Waals surface area contributed by atoms with Crippen LogP contribution in [0.1, 0.15) is 29.6 Å². The largest absolute Gasteiger partial charge is 0.481 e. The minimum absolute atomic E-state index is 0.0208. The monoisotopic (exact) mass is 301 g/mol. The van der Waals surface area contributed by atoms with Crippen LogP contribution in [-0.4, -0.2) is 34.5 Å². The Morgan fingerprint density at radius 3 is 2.68 bits per heavy atom. The van der Waals surface area contributed by atoms with Crippen molar-refractivity contribution in [3.8, 4) is 0 Å². The van der Waals surface area contributed by atoms with E-state index in [2.05, 4.69) is 0 Å². The predicted octanol–water partition coefficient (Wildman–Crippen LogP) is 3.07. The molecule has 4 nitrogen and oxygen atoms in total. The molecule has 19 heavy (non-hydrogen) atoms. The summed E-state index contributed by atoms with van der Waals surface area (Å²) in [5.74, 6) is -1.08. The number of carbonyl (C=O) groups is 2. The first-order chi connectivity index (χ1) is 8.99. The number of carbonyl (C=O) groups excluding carboxylic acids is 1. The molecule has 0 saturated carbocycles. The first kappa shape index (κ1) is 14.2. The van der Waals surface area contributed by atoms with Crippen molar-refractivity contribution in [2.75, 3.05) is 6.54 Å². The van der Waals surface area contributed by atoms with E-state index in [0.717, 1.165) is 12.8 Å². The molecule has 0 spiro atoms. The molecule has 1 atom stereocenters. The number of hydrogen-bond donors (Lipinski definition) is 1. The molecule has 1 aliphatic heterocycles. The van der Waals surface area contributed by atoms with Crippen molar-refractivity contribution >= 4 is 35.1 Å². The molecule has 1 fully saturated rings. The Morgan fingerprint density at radius 2 is 2.05 bits per heavy atom. The van der Waals surface area contributed by atoms with Crippen LogP contribution in [0.5, 0.6) is 0 Å². The van der Waals surface area contributed by atoms with Crippen LogP contribution in [0.3, 0.4) is 0 Å².